The first kappa shape index (κ1) is 29.5. The molecule has 0 amide bonds. The van der Waals surface area contributed by atoms with Crippen molar-refractivity contribution in [1.29, 1.82) is 0 Å². The van der Waals surface area contributed by atoms with Crippen LogP contribution in [0, 0.1) is 0 Å². The standard InChI is InChI=1S/C5H14NO4P.C5H14NO.Ca.ClH.2H/c1-6(2,3)4-5-10-11(7,8)9;1-6(2,3)4-5-7;;;;/h4-5H2,1-3H3,(H-,7,8,9);7H,4-5H2,1-3H3;;1H;;/q;+1;+2;;2*-1/p+1. The number of phosphoric acid groups is 1. The number of quaternary nitrogens is 2. The van der Waals surface area contributed by atoms with Crippen molar-refractivity contribution < 1.29 is 35.8 Å². The van der Waals surface area contributed by atoms with Crippen molar-refractivity contribution in [3.63, 3.8) is 0 Å². The molecule has 0 spiro atoms. The van der Waals surface area contributed by atoms with E-state index in [0.29, 0.717) is 11.0 Å². The maximum atomic E-state index is 10.2. The number of aliphatic hydroxyl groups is 1. The molecule has 0 heterocycles. The molecule has 7 nitrogen and oxygen atoms in total. The van der Waals surface area contributed by atoms with Crippen LogP contribution in [0.25, 0.3) is 0 Å². The molecule has 20 heavy (non-hydrogen) atoms. The van der Waals surface area contributed by atoms with Gasteiger partial charge < -0.3 is 26.7 Å². The Balaban J connectivity index is -0.0000000524. The molecule has 0 saturated heterocycles. The molecule has 0 unspecified atom stereocenters. The predicted octanol–water partition coefficient (Wildman–Crippen LogP) is -0.247. The molecule has 3 N–H and O–H groups in total. The fourth-order valence-corrected chi connectivity index (χ4v) is 1.05. The molecule has 0 radical (unpaired) electrons. The summed E-state index contributed by atoms with van der Waals surface area (Å²) in [7, 11) is 7.65. The smallest absolute Gasteiger partial charge is 1.00 e. The van der Waals surface area contributed by atoms with Crippen LogP contribution in [0.1, 0.15) is 2.85 Å². The van der Waals surface area contributed by atoms with Crippen molar-refractivity contribution in [3.05, 3.63) is 0 Å². The Morgan fingerprint density at radius 2 is 1.35 bits per heavy atom. The van der Waals surface area contributed by atoms with Gasteiger partial charge in [0, 0.05) is 0 Å². The van der Waals surface area contributed by atoms with Crippen LogP contribution in [0.3, 0.4) is 0 Å². The molecule has 10 heteroatoms. The fraction of sp³-hybridized carbons (Fsp3) is 1.00. The number of rotatable bonds is 6. The van der Waals surface area contributed by atoms with E-state index in [1.807, 2.05) is 21.1 Å². The van der Waals surface area contributed by atoms with Gasteiger partial charge in [-0.25, -0.2) is 4.57 Å². The number of phosphoric ester groups is 1. The second-order valence-corrected chi connectivity index (χ2v) is 7.31. The molecule has 0 aliphatic rings. The first-order valence-electron chi connectivity index (χ1n) is 5.69. The molecule has 0 aromatic heterocycles. The minimum absolute atomic E-state index is 0. The average Bonchev–Trinajstić information content (AvgIpc) is 1.96. The molecule has 0 saturated carbocycles. The number of halogens is 1. The van der Waals surface area contributed by atoms with Crippen molar-refractivity contribution in [2.45, 2.75) is 0 Å². The molecular weight excluding hydrogens is 335 g/mol. The van der Waals surface area contributed by atoms with Crippen LogP contribution in [0.2, 0.25) is 0 Å². The average molecular weight is 367 g/mol. The zero-order chi connectivity index (χ0) is 15.0. The largest absolute Gasteiger partial charge is 2.00 e. The molecule has 0 rings (SSSR count). The molecule has 0 atom stereocenters. The minimum atomic E-state index is -4.26. The summed E-state index contributed by atoms with van der Waals surface area (Å²) in [5.74, 6) is 0. The van der Waals surface area contributed by atoms with E-state index >= 15 is 0 Å². The van der Waals surface area contributed by atoms with Gasteiger partial charge in [0.25, 0.3) is 0 Å². The molecule has 0 aliphatic carbocycles. The summed E-state index contributed by atoms with van der Waals surface area (Å²) in [5, 5.41) is 8.39. The number of hydrogen-bond donors (Lipinski definition) is 3. The molecule has 0 aromatic carbocycles. The monoisotopic (exact) mass is 366 g/mol. The maximum Gasteiger partial charge on any atom is 2.00 e. The van der Waals surface area contributed by atoms with Crippen LogP contribution in [-0.4, -0.2) is 130 Å². The normalized spacial score (nSPS) is 11.7. The summed E-state index contributed by atoms with van der Waals surface area (Å²) >= 11 is 0. The van der Waals surface area contributed by atoms with Crippen molar-refractivity contribution in [3.8, 4) is 0 Å². The number of likely N-dealkylation sites (N-methyl/N-ethyl adjacent to an activating group) is 2. The van der Waals surface area contributed by atoms with E-state index in [9.17, 15) is 4.57 Å². The second kappa shape index (κ2) is 13.0. The van der Waals surface area contributed by atoms with Crippen LogP contribution in [0.15, 0.2) is 0 Å². The first-order chi connectivity index (χ1) is 7.77. The van der Waals surface area contributed by atoms with Crippen molar-refractivity contribution in [1.82, 2.24) is 0 Å². The Labute approximate surface area is 161 Å². The van der Waals surface area contributed by atoms with E-state index in [1.54, 1.807) is 0 Å². The summed E-state index contributed by atoms with van der Waals surface area (Å²) < 4.78 is 15.9. The van der Waals surface area contributed by atoms with Gasteiger partial charge in [-0.05, 0) is 0 Å². The van der Waals surface area contributed by atoms with E-state index in [4.69, 9.17) is 14.9 Å². The van der Waals surface area contributed by atoms with Gasteiger partial charge in [0.15, 0.2) is 0 Å². The number of aliphatic hydroxyl groups excluding tert-OH is 1. The first-order valence-corrected chi connectivity index (χ1v) is 7.22. The van der Waals surface area contributed by atoms with Crippen LogP contribution in [-0.2, 0) is 9.09 Å². The third kappa shape index (κ3) is 36.6. The van der Waals surface area contributed by atoms with Gasteiger partial charge in [0.2, 0.25) is 0 Å². The third-order valence-electron chi connectivity index (χ3n) is 1.79. The van der Waals surface area contributed by atoms with E-state index < -0.39 is 7.82 Å². The van der Waals surface area contributed by atoms with Crippen LogP contribution in [0.5, 0.6) is 0 Å². The Kier molecular flexibility index (Phi) is 19.2. The Bertz CT molecular complexity index is 275. The summed E-state index contributed by atoms with van der Waals surface area (Å²) in [6.45, 7) is 1.77. The van der Waals surface area contributed by atoms with Gasteiger partial charge in [-0.1, -0.05) is 0 Å². The van der Waals surface area contributed by atoms with E-state index in [2.05, 4.69) is 25.7 Å². The molecule has 0 fully saturated rings. The Morgan fingerprint density at radius 3 is 1.50 bits per heavy atom. The molecule has 124 valence electrons. The topological polar surface area (TPSA) is 87.0 Å². The third-order valence-corrected chi connectivity index (χ3v) is 2.31. The van der Waals surface area contributed by atoms with Crippen LogP contribution in [0.4, 0.5) is 0 Å². The van der Waals surface area contributed by atoms with Crippen molar-refractivity contribution >= 4 is 58.0 Å². The summed E-state index contributed by atoms with van der Waals surface area (Å²) in [6, 6.07) is 0. The summed E-state index contributed by atoms with van der Waals surface area (Å²) in [5.41, 5.74) is 0. The zero-order valence-electron chi connectivity index (χ0n) is 15.4. The molecule has 0 aliphatic heterocycles. The molecular formula is C10H32CaClN2O5P+2. The summed E-state index contributed by atoms with van der Waals surface area (Å²) in [4.78, 5) is 16.6. The fourth-order valence-electron chi connectivity index (χ4n) is 0.734. The second-order valence-electron chi connectivity index (χ2n) is 6.08. The zero-order valence-corrected chi connectivity index (χ0v) is 17.4. The summed E-state index contributed by atoms with van der Waals surface area (Å²) in [6.07, 6.45) is 0. The van der Waals surface area contributed by atoms with Gasteiger partial charge in [-0.15, -0.1) is 12.4 Å². The van der Waals surface area contributed by atoms with Gasteiger partial charge in [-0.3, -0.25) is 4.52 Å². The van der Waals surface area contributed by atoms with E-state index in [0.717, 1.165) is 11.0 Å². The van der Waals surface area contributed by atoms with Crippen molar-refractivity contribution in [2.24, 2.45) is 0 Å². The van der Waals surface area contributed by atoms with Crippen LogP contribution >= 0.6 is 20.2 Å². The quantitative estimate of drug-likeness (QED) is 0.343. The van der Waals surface area contributed by atoms with E-state index in [1.165, 1.54) is 0 Å². The minimum Gasteiger partial charge on any atom is -1.00 e. The maximum absolute atomic E-state index is 10.2. The van der Waals surface area contributed by atoms with Gasteiger partial charge in [0.1, 0.15) is 19.7 Å². The van der Waals surface area contributed by atoms with Crippen LogP contribution < -0.4 is 0 Å². The van der Waals surface area contributed by atoms with E-state index in [-0.39, 0.29) is 66.2 Å². The number of hydrogen-bond acceptors (Lipinski definition) is 3. The SMILES string of the molecule is C[N+](C)(C)CCO.C[N+](C)(C)CCOP(=O)(O)O.Cl.[Ca+2].[H-].[H-]. The van der Waals surface area contributed by atoms with Crippen molar-refractivity contribution in [2.75, 3.05) is 68.6 Å². The van der Waals surface area contributed by atoms with Gasteiger partial charge in [-0.2, -0.15) is 0 Å². The predicted molar refractivity (Wildman–Crippen MR) is 86.1 cm³/mol. The van der Waals surface area contributed by atoms with Gasteiger partial charge >= 0.3 is 45.6 Å². The Hall–Kier alpha value is 1.54. The number of nitrogens with zero attached hydrogens (tertiary/aromatic N) is 2. The molecule has 0 bridgehead atoms. The van der Waals surface area contributed by atoms with Gasteiger partial charge in [0.05, 0.1) is 48.9 Å². The Morgan fingerprint density at radius 1 is 1.00 bits per heavy atom. The molecule has 0 aromatic rings.